The first-order valence-corrected chi connectivity index (χ1v) is 14.6. The minimum absolute atomic E-state index is 0.0176. The molecule has 2 atom stereocenters. The third kappa shape index (κ3) is 4.98. The van der Waals surface area contributed by atoms with Crippen molar-refractivity contribution >= 4 is 62.2 Å². The summed E-state index contributed by atoms with van der Waals surface area (Å²) in [5, 5.41) is 4.24. The van der Waals surface area contributed by atoms with Crippen LogP contribution in [-0.4, -0.2) is 11.7 Å². The standard InChI is InChI=1S/C33H25BrCl2N2O2/c1-19-9-11-20(12-10-19)23-17-28-31(30(39)18-23)32(21-5-4-6-24(34)15-21)38(29-8-3-2-7-27(29)37-28)33(40)22-13-14-25(35)26(36)16-22/h2-16,23,32,37H,17-18H2,1H3/t23-,32-/m1/s1. The zero-order chi connectivity index (χ0) is 28.0. The van der Waals surface area contributed by atoms with Gasteiger partial charge in [0.05, 0.1) is 27.5 Å². The van der Waals surface area contributed by atoms with Crippen molar-refractivity contribution in [1.29, 1.82) is 0 Å². The van der Waals surface area contributed by atoms with Crippen molar-refractivity contribution < 1.29 is 9.59 Å². The number of aryl methyl sites for hydroxylation is 1. The van der Waals surface area contributed by atoms with Crippen LogP contribution in [0, 0.1) is 6.92 Å². The van der Waals surface area contributed by atoms with Crippen molar-refractivity contribution in [2.45, 2.75) is 31.7 Å². The van der Waals surface area contributed by atoms with Gasteiger partial charge in [-0.1, -0.05) is 93.2 Å². The average Bonchev–Trinajstić information content (AvgIpc) is 3.09. The molecule has 200 valence electrons. The molecule has 0 unspecified atom stereocenters. The summed E-state index contributed by atoms with van der Waals surface area (Å²) in [6.07, 6.45) is 1.01. The summed E-state index contributed by atoms with van der Waals surface area (Å²) in [6.45, 7) is 2.06. The fourth-order valence-electron chi connectivity index (χ4n) is 5.65. The number of hydrogen-bond acceptors (Lipinski definition) is 3. The highest BCUT2D eigenvalue weighted by Crippen LogP contribution is 2.48. The van der Waals surface area contributed by atoms with E-state index in [2.05, 4.69) is 52.4 Å². The molecule has 4 aromatic carbocycles. The SMILES string of the molecule is Cc1ccc([C@H]2CC(=O)C3=C(C2)Nc2ccccc2N(C(=O)c2ccc(Cl)c(Cl)c2)[C@@H]3c2cccc(Br)c2)cc1. The molecule has 0 saturated carbocycles. The van der Waals surface area contributed by atoms with E-state index in [4.69, 9.17) is 23.2 Å². The number of allylic oxidation sites excluding steroid dienone is 1. The van der Waals surface area contributed by atoms with E-state index in [-0.39, 0.29) is 17.6 Å². The first-order valence-electron chi connectivity index (χ1n) is 13.0. The van der Waals surface area contributed by atoms with Gasteiger partial charge >= 0.3 is 0 Å². The van der Waals surface area contributed by atoms with E-state index in [1.165, 1.54) is 5.56 Å². The number of Topliss-reactive ketones (excluding diaryl/α,β-unsaturated/α-hetero) is 1. The van der Waals surface area contributed by atoms with Crippen LogP contribution in [0.5, 0.6) is 0 Å². The summed E-state index contributed by atoms with van der Waals surface area (Å²) in [7, 11) is 0. The maximum atomic E-state index is 14.4. The first-order chi connectivity index (χ1) is 19.3. The highest BCUT2D eigenvalue weighted by atomic mass is 79.9. The van der Waals surface area contributed by atoms with Gasteiger partial charge in [0.2, 0.25) is 0 Å². The maximum Gasteiger partial charge on any atom is 0.259 e. The van der Waals surface area contributed by atoms with Crippen molar-refractivity contribution in [3.63, 3.8) is 0 Å². The molecule has 7 heteroatoms. The summed E-state index contributed by atoms with van der Waals surface area (Å²) in [4.78, 5) is 30.3. The number of ketones is 1. The summed E-state index contributed by atoms with van der Waals surface area (Å²) in [5.41, 5.74) is 6.40. The topological polar surface area (TPSA) is 49.4 Å². The lowest BCUT2D eigenvalue weighted by atomic mass is 9.78. The molecule has 1 heterocycles. The number of fused-ring (bicyclic) bond motifs is 1. The van der Waals surface area contributed by atoms with E-state index in [0.29, 0.717) is 39.7 Å². The predicted molar refractivity (Wildman–Crippen MR) is 165 cm³/mol. The van der Waals surface area contributed by atoms with Crippen LogP contribution in [0.15, 0.2) is 107 Å². The summed E-state index contributed by atoms with van der Waals surface area (Å²) in [6, 6.07) is 28.1. The Morgan fingerprint density at radius 1 is 0.875 bits per heavy atom. The molecular formula is C33H25BrCl2N2O2. The molecule has 40 heavy (non-hydrogen) atoms. The van der Waals surface area contributed by atoms with E-state index in [0.717, 1.165) is 27.0 Å². The minimum atomic E-state index is -0.655. The number of para-hydroxylation sites is 2. The molecule has 0 bridgehead atoms. The van der Waals surface area contributed by atoms with E-state index < -0.39 is 6.04 Å². The molecule has 0 saturated heterocycles. The zero-order valence-electron chi connectivity index (χ0n) is 21.6. The number of amides is 1. The number of carbonyl (C=O) groups excluding carboxylic acids is 2. The molecule has 1 aliphatic carbocycles. The van der Waals surface area contributed by atoms with Crippen LogP contribution < -0.4 is 10.2 Å². The van der Waals surface area contributed by atoms with Crippen molar-refractivity contribution in [2.24, 2.45) is 0 Å². The molecule has 0 aromatic heterocycles. The average molecular weight is 632 g/mol. The number of nitrogens with zero attached hydrogens (tertiary/aromatic N) is 1. The highest BCUT2D eigenvalue weighted by molar-refractivity contribution is 9.10. The van der Waals surface area contributed by atoms with Gasteiger partial charge in [-0.2, -0.15) is 0 Å². The third-order valence-electron chi connectivity index (χ3n) is 7.59. The van der Waals surface area contributed by atoms with Gasteiger partial charge in [-0.15, -0.1) is 0 Å². The van der Waals surface area contributed by atoms with Gasteiger partial charge in [0, 0.05) is 27.7 Å². The van der Waals surface area contributed by atoms with Crippen molar-refractivity contribution in [1.82, 2.24) is 0 Å². The smallest absolute Gasteiger partial charge is 0.259 e. The number of benzene rings is 4. The Bertz CT molecular complexity index is 1680. The van der Waals surface area contributed by atoms with Gasteiger partial charge in [-0.05, 0) is 72.9 Å². The lowest BCUT2D eigenvalue weighted by Crippen LogP contribution is -2.38. The predicted octanol–water partition coefficient (Wildman–Crippen LogP) is 9.28. The van der Waals surface area contributed by atoms with Crippen LogP contribution in [-0.2, 0) is 4.79 Å². The van der Waals surface area contributed by atoms with Crippen LogP contribution in [0.3, 0.4) is 0 Å². The Morgan fingerprint density at radius 3 is 2.40 bits per heavy atom. The molecule has 2 aliphatic rings. The van der Waals surface area contributed by atoms with E-state index in [1.54, 1.807) is 23.1 Å². The molecule has 4 aromatic rings. The van der Waals surface area contributed by atoms with Crippen LogP contribution in [0.2, 0.25) is 10.0 Å². The second-order valence-corrected chi connectivity index (χ2v) is 12.0. The van der Waals surface area contributed by atoms with Crippen molar-refractivity contribution in [2.75, 3.05) is 10.2 Å². The van der Waals surface area contributed by atoms with Gasteiger partial charge < -0.3 is 5.32 Å². The maximum absolute atomic E-state index is 14.4. The molecule has 0 fully saturated rings. The van der Waals surface area contributed by atoms with Crippen LogP contribution >= 0.6 is 39.1 Å². The van der Waals surface area contributed by atoms with Gasteiger partial charge in [0.25, 0.3) is 5.91 Å². The largest absolute Gasteiger partial charge is 0.357 e. The second kappa shape index (κ2) is 10.9. The van der Waals surface area contributed by atoms with Crippen LogP contribution in [0.4, 0.5) is 11.4 Å². The number of nitrogens with one attached hydrogen (secondary N) is 1. The van der Waals surface area contributed by atoms with Crippen LogP contribution in [0.1, 0.15) is 51.8 Å². The number of carbonyl (C=O) groups is 2. The Labute approximate surface area is 251 Å². The zero-order valence-corrected chi connectivity index (χ0v) is 24.7. The molecule has 1 N–H and O–H groups in total. The molecule has 0 spiro atoms. The van der Waals surface area contributed by atoms with Crippen LogP contribution in [0.25, 0.3) is 0 Å². The van der Waals surface area contributed by atoms with Crippen molar-refractivity contribution in [3.8, 4) is 0 Å². The summed E-state index contributed by atoms with van der Waals surface area (Å²) in [5.74, 6) is -0.226. The fraction of sp³-hybridized carbons (Fsp3) is 0.152. The molecule has 0 radical (unpaired) electrons. The van der Waals surface area contributed by atoms with Gasteiger partial charge in [-0.3, -0.25) is 14.5 Å². The van der Waals surface area contributed by atoms with Gasteiger partial charge in [0.1, 0.15) is 0 Å². The van der Waals surface area contributed by atoms with E-state index in [9.17, 15) is 9.59 Å². The Balaban J connectivity index is 1.56. The summed E-state index contributed by atoms with van der Waals surface area (Å²) >= 11 is 16.1. The number of anilines is 2. The van der Waals surface area contributed by atoms with Gasteiger partial charge in [-0.25, -0.2) is 0 Å². The van der Waals surface area contributed by atoms with E-state index in [1.807, 2.05) is 48.5 Å². The molecule has 4 nitrogen and oxygen atoms in total. The lowest BCUT2D eigenvalue weighted by Gasteiger charge is -2.35. The lowest BCUT2D eigenvalue weighted by molar-refractivity contribution is -0.116. The minimum Gasteiger partial charge on any atom is -0.357 e. The molecule has 1 aliphatic heterocycles. The van der Waals surface area contributed by atoms with Gasteiger partial charge in [0.15, 0.2) is 5.78 Å². The monoisotopic (exact) mass is 630 g/mol. The first kappa shape index (κ1) is 26.8. The molecule has 1 amide bonds. The third-order valence-corrected chi connectivity index (χ3v) is 8.82. The molecule has 6 rings (SSSR count). The Kier molecular flexibility index (Phi) is 7.30. The quantitative estimate of drug-likeness (QED) is 0.245. The van der Waals surface area contributed by atoms with Crippen molar-refractivity contribution in [3.05, 3.63) is 139 Å². The number of rotatable bonds is 3. The number of hydrogen-bond donors (Lipinski definition) is 1. The van der Waals surface area contributed by atoms with E-state index >= 15 is 0 Å². The normalized spacial score (nSPS) is 18.5. The second-order valence-electron chi connectivity index (χ2n) is 10.2. The Hall–Kier alpha value is -3.38. The number of halogens is 3. The molecular weight excluding hydrogens is 607 g/mol. The highest BCUT2D eigenvalue weighted by Gasteiger charge is 2.42. The fourth-order valence-corrected chi connectivity index (χ4v) is 6.36. The Morgan fingerprint density at radius 2 is 1.65 bits per heavy atom. The summed E-state index contributed by atoms with van der Waals surface area (Å²) < 4.78 is 0.861.